The molecular weight excluding hydrogens is 280 g/mol. The Kier molecular flexibility index (Phi) is 8.03. The zero-order chi connectivity index (χ0) is 14.4. The van der Waals surface area contributed by atoms with Gasteiger partial charge in [0.15, 0.2) is 11.5 Å². The van der Waals surface area contributed by atoms with Gasteiger partial charge in [-0.05, 0) is 30.0 Å². The van der Waals surface area contributed by atoms with Crippen LogP contribution in [-0.2, 0) is 11.2 Å². The third-order valence-corrected chi connectivity index (χ3v) is 3.31. The van der Waals surface area contributed by atoms with Crippen LogP contribution in [0.2, 0.25) is 0 Å². The van der Waals surface area contributed by atoms with Crippen molar-refractivity contribution in [3.05, 3.63) is 23.8 Å². The van der Waals surface area contributed by atoms with Gasteiger partial charge >= 0.3 is 0 Å². The van der Waals surface area contributed by atoms with Crippen LogP contribution in [-0.4, -0.2) is 28.7 Å². The summed E-state index contributed by atoms with van der Waals surface area (Å²) in [5.41, 5.74) is 6.65. The molecule has 0 saturated heterocycles. The number of hydrogen-bond acceptors (Lipinski definition) is 4. The van der Waals surface area contributed by atoms with Gasteiger partial charge in [0, 0.05) is 6.54 Å². The summed E-state index contributed by atoms with van der Waals surface area (Å²) in [7, 11) is 0. The molecule has 0 spiro atoms. The highest BCUT2D eigenvalue weighted by atomic mass is 35.5. The first-order valence-corrected chi connectivity index (χ1v) is 6.49. The molecule has 0 aromatic heterocycles. The molecule has 0 fully saturated rings. The van der Waals surface area contributed by atoms with Gasteiger partial charge in [0.2, 0.25) is 5.91 Å². The number of carbonyl (C=O) groups is 1. The monoisotopic (exact) mass is 302 g/mol. The van der Waals surface area contributed by atoms with Crippen LogP contribution >= 0.6 is 12.4 Å². The minimum atomic E-state index is -0.488. The van der Waals surface area contributed by atoms with E-state index in [4.69, 9.17) is 5.73 Å². The predicted molar refractivity (Wildman–Crippen MR) is 81.2 cm³/mol. The minimum absolute atomic E-state index is 0. The fourth-order valence-electron chi connectivity index (χ4n) is 1.68. The highest BCUT2D eigenvalue weighted by molar-refractivity contribution is 5.85. The van der Waals surface area contributed by atoms with Gasteiger partial charge in [0.25, 0.3) is 0 Å². The van der Waals surface area contributed by atoms with Gasteiger partial charge in [-0.25, -0.2) is 0 Å². The van der Waals surface area contributed by atoms with Crippen LogP contribution in [0.15, 0.2) is 18.2 Å². The standard InChI is InChI=1S/C14H22N2O3.ClH/c1-3-9(2)13(15)14(19)16-7-6-10-4-5-11(17)12(18)8-10;/h4-5,8-9,13,17-18H,3,6-7,15H2,1-2H3,(H,16,19);1H/t9?,13-;/m0./s1. The van der Waals surface area contributed by atoms with Crippen molar-refractivity contribution < 1.29 is 15.0 Å². The average Bonchev–Trinajstić information content (AvgIpc) is 2.40. The maximum absolute atomic E-state index is 11.7. The van der Waals surface area contributed by atoms with E-state index in [1.54, 1.807) is 6.07 Å². The molecule has 0 aliphatic carbocycles. The molecule has 5 nitrogen and oxygen atoms in total. The van der Waals surface area contributed by atoms with Crippen LogP contribution in [0.4, 0.5) is 0 Å². The molecule has 1 amide bonds. The second-order valence-electron chi connectivity index (χ2n) is 4.78. The van der Waals surface area contributed by atoms with Crippen LogP contribution in [0.3, 0.4) is 0 Å². The first kappa shape index (κ1) is 18.5. The van der Waals surface area contributed by atoms with Gasteiger partial charge in [-0.3, -0.25) is 4.79 Å². The molecule has 1 aromatic rings. The summed E-state index contributed by atoms with van der Waals surface area (Å²) in [5.74, 6) is -0.304. The molecule has 0 aliphatic heterocycles. The molecule has 0 saturated carbocycles. The normalized spacial score (nSPS) is 13.2. The van der Waals surface area contributed by atoms with Crippen molar-refractivity contribution in [1.82, 2.24) is 5.32 Å². The summed E-state index contributed by atoms with van der Waals surface area (Å²) in [6.07, 6.45) is 1.44. The van der Waals surface area contributed by atoms with E-state index < -0.39 is 6.04 Å². The van der Waals surface area contributed by atoms with Crippen LogP contribution in [0, 0.1) is 5.92 Å². The van der Waals surface area contributed by atoms with Gasteiger partial charge < -0.3 is 21.3 Å². The number of phenols is 2. The Bertz CT molecular complexity index is 440. The van der Waals surface area contributed by atoms with Crippen molar-refractivity contribution in [2.45, 2.75) is 32.7 Å². The number of nitrogens with two attached hydrogens (primary N) is 1. The third kappa shape index (κ3) is 5.27. The van der Waals surface area contributed by atoms with Crippen LogP contribution in [0.5, 0.6) is 11.5 Å². The van der Waals surface area contributed by atoms with Crippen LogP contribution in [0.1, 0.15) is 25.8 Å². The number of aromatic hydroxyl groups is 2. The summed E-state index contributed by atoms with van der Waals surface area (Å²) in [4.78, 5) is 11.7. The Balaban J connectivity index is 0.00000361. The highest BCUT2D eigenvalue weighted by Crippen LogP contribution is 2.24. The second-order valence-corrected chi connectivity index (χ2v) is 4.78. The number of nitrogens with one attached hydrogen (secondary N) is 1. The topological polar surface area (TPSA) is 95.6 Å². The van der Waals surface area contributed by atoms with Crippen molar-refractivity contribution in [3.63, 3.8) is 0 Å². The van der Waals surface area contributed by atoms with Crippen molar-refractivity contribution in [1.29, 1.82) is 0 Å². The molecule has 0 heterocycles. The van der Waals surface area contributed by atoms with Crippen LogP contribution in [0.25, 0.3) is 0 Å². The molecule has 0 bridgehead atoms. The summed E-state index contributed by atoms with van der Waals surface area (Å²) >= 11 is 0. The number of rotatable bonds is 6. The fourth-order valence-corrected chi connectivity index (χ4v) is 1.68. The molecule has 6 heteroatoms. The Hall–Kier alpha value is -1.46. The number of carbonyl (C=O) groups excluding carboxylic acids is 1. The van der Waals surface area contributed by atoms with E-state index in [9.17, 15) is 15.0 Å². The van der Waals surface area contributed by atoms with E-state index in [0.717, 1.165) is 12.0 Å². The van der Waals surface area contributed by atoms with Crippen molar-refractivity contribution >= 4 is 18.3 Å². The van der Waals surface area contributed by atoms with E-state index in [-0.39, 0.29) is 35.7 Å². The molecule has 0 radical (unpaired) electrons. The molecule has 20 heavy (non-hydrogen) atoms. The lowest BCUT2D eigenvalue weighted by Gasteiger charge is -2.17. The molecule has 1 rings (SSSR count). The fraction of sp³-hybridized carbons (Fsp3) is 0.500. The second kappa shape index (κ2) is 8.66. The molecule has 1 unspecified atom stereocenters. The Morgan fingerprint density at radius 1 is 1.35 bits per heavy atom. The van der Waals surface area contributed by atoms with Crippen molar-refractivity contribution in [2.24, 2.45) is 11.7 Å². The Morgan fingerprint density at radius 3 is 2.55 bits per heavy atom. The number of benzene rings is 1. The SMILES string of the molecule is CCC(C)[C@H](N)C(=O)NCCc1ccc(O)c(O)c1.Cl. The predicted octanol–water partition coefficient (Wildman–Crippen LogP) is 1.55. The van der Waals surface area contributed by atoms with E-state index >= 15 is 0 Å². The zero-order valence-corrected chi connectivity index (χ0v) is 12.6. The largest absolute Gasteiger partial charge is 0.504 e. The summed E-state index contributed by atoms with van der Waals surface area (Å²) < 4.78 is 0. The van der Waals surface area contributed by atoms with E-state index in [2.05, 4.69) is 5.32 Å². The Labute approximate surface area is 125 Å². The summed E-state index contributed by atoms with van der Waals surface area (Å²) in [6, 6.07) is 4.13. The van der Waals surface area contributed by atoms with Crippen molar-refractivity contribution in [2.75, 3.05) is 6.54 Å². The van der Waals surface area contributed by atoms with Crippen LogP contribution < -0.4 is 11.1 Å². The smallest absolute Gasteiger partial charge is 0.237 e. The first-order chi connectivity index (χ1) is 8.95. The Morgan fingerprint density at radius 2 is 2.00 bits per heavy atom. The summed E-state index contributed by atoms with van der Waals surface area (Å²) in [5, 5.41) is 21.3. The van der Waals surface area contributed by atoms with E-state index in [1.165, 1.54) is 12.1 Å². The zero-order valence-electron chi connectivity index (χ0n) is 11.8. The number of phenolic OH excluding ortho intramolecular Hbond substituents is 2. The maximum atomic E-state index is 11.7. The lowest BCUT2D eigenvalue weighted by atomic mass is 9.99. The number of hydrogen-bond donors (Lipinski definition) is 4. The molecule has 0 aliphatic rings. The van der Waals surface area contributed by atoms with Crippen molar-refractivity contribution in [3.8, 4) is 11.5 Å². The van der Waals surface area contributed by atoms with Gasteiger partial charge in [-0.1, -0.05) is 26.3 Å². The van der Waals surface area contributed by atoms with E-state index in [0.29, 0.717) is 13.0 Å². The quantitative estimate of drug-likeness (QED) is 0.600. The molecule has 114 valence electrons. The lowest BCUT2D eigenvalue weighted by Crippen LogP contribution is -2.45. The number of amides is 1. The molecule has 1 aromatic carbocycles. The minimum Gasteiger partial charge on any atom is -0.504 e. The maximum Gasteiger partial charge on any atom is 0.237 e. The van der Waals surface area contributed by atoms with Gasteiger partial charge in [-0.15, -0.1) is 12.4 Å². The third-order valence-electron chi connectivity index (χ3n) is 3.31. The van der Waals surface area contributed by atoms with Gasteiger partial charge in [0.05, 0.1) is 6.04 Å². The lowest BCUT2D eigenvalue weighted by molar-refractivity contribution is -0.123. The highest BCUT2D eigenvalue weighted by Gasteiger charge is 2.18. The first-order valence-electron chi connectivity index (χ1n) is 6.49. The van der Waals surface area contributed by atoms with Gasteiger partial charge in [-0.2, -0.15) is 0 Å². The number of halogens is 1. The molecule has 2 atom stereocenters. The average molecular weight is 303 g/mol. The van der Waals surface area contributed by atoms with E-state index in [1.807, 2.05) is 13.8 Å². The molecular formula is C14H23ClN2O3. The summed E-state index contributed by atoms with van der Waals surface area (Å²) in [6.45, 7) is 4.40. The van der Waals surface area contributed by atoms with Gasteiger partial charge in [0.1, 0.15) is 0 Å². The molecule has 5 N–H and O–H groups in total.